The average Bonchev–Trinajstić information content (AvgIpc) is 2.82. The fourth-order valence-corrected chi connectivity index (χ4v) is 3.85. The number of methoxy groups -OCH3 is 1. The summed E-state index contributed by atoms with van der Waals surface area (Å²) < 4.78 is 51.2. The topological polar surface area (TPSA) is 91.5 Å². The second-order valence-corrected chi connectivity index (χ2v) is 7.94. The number of aromatic hydroxyl groups is 3. The maximum absolute atomic E-state index is 13.5. The van der Waals surface area contributed by atoms with E-state index in [9.17, 15) is 28.5 Å². The second-order valence-electron chi connectivity index (χ2n) is 7.94. The number of ether oxygens (including phenoxy) is 2. The van der Waals surface area contributed by atoms with Gasteiger partial charge in [-0.15, -0.1) is 0 Å². The molecule has 6 nitrogen and oxygen atoms in total. The molecule has 4 rings (SSSR count). The van der Waals surface area contributed by atoms with E-state index in [0.29, 0.717) is 17.1 Å². The highest BCUT2D eigenvalue weighted by molar-refractivity contribution is 6.00. The van der Waals surface area contributed by atoms with E-state index in [2.05, 4.69) is 4.99 Å². The summed E-state index contributed by atoms with van der Waals surface area (Å²) >= 11 is 0. The molecule has 3 N–H and O–H groups in total. The molecule has 1 heterocycles. The number of nitrogens with zero attached hydrogens (tertiary/aromatic N) is 1. The van der Waals surface area contributed by atoms with Gasteiger partial charge in [0.25, 0.3) is 0 Å². The molecule has 3 aromatic rings. The minimum absolute atomic E-state index is 0.00161. The summed E-state index contributed by atoms with van der Waals surface area (Å²) in [4.78, 5) is 3.73. The van der Waals surface area contributed by atoms with Gasteiger partial charge in [-0.1, -0.05) is 24.3 Å². The number of rotatable bonds is 6. The van der Waals surface area contributed by atoms with Crippen molar-refractivity contribution >= 4 is 5.71 Å². The standard InChI is InChI=1S/C26H22F3NO5/c1-34-23-10-7-17(13-22(23)33)16-5-8-18(9-6-16)35-14-15-11-19(30-24(12-15)26(27,28)29)25-20(31)3-2-4-21(25)32/h2-10,12-13,19,31-33H,11,14H2,1H3. The molecule has 0 radical (unpaired) electrons. The molecule has 1 unspecified atom stereocenters. The Labute approximate surface area is 199 Å². The maximum Gasteiger partial charge on any atom is 0.432 e. The average molecular weight is 485 g/mol. The smallest absolute Gasteiger partial charge is 0.432 e. The van der Waals surface area contributed by atoms with Crippen molar-refractivity contribution in [2.45, 2.75) is 18.6 Å². The molecular formula is C26H22F3NO5. The minimum atomic E-state index is -4.70. The number of dihydropyridines is 1. The number of halogens is 3. The van der Waals surface area contributed by atoms with Crippen LogP contribution in [0.2, 0.25) is 0 Å². The van der Waals surface area contributed by atoms with Crippen LogP contribution in [0, 0.1) is 0 Å². The summed E-state index contributed by atoms with van der Waals surface area (Å²) in [5.74, 6) is 0.129. The number of phenols is 3. The van der Waals surface area contributed by atoms with E-state index >= 15 is 0 Å². The SMILES string of the molecule is COc1ccc(-c2ccc(OCC3=CC(C(F)(F)F)=NC(c4c(O)cccc4O)C3)cc2)cc1O. The summed E-state index contributed by atoms with van der Waals surface area (Å²) in [6.07, 6.45) is -3.73. The zero-order valence-corrected chi connectivity index (χ0v) is 18.6. The first-order valence-electron chi connectivity index (χ1n) is 10.6. The molecule has 35 heavy (non-hydrogen) atoms. The zero-order chi connectivity index (χ0) is 25.2. The third-order valence-corrected chi connectivity index (χ3v) is 5.57. The number of phenolic OH excluding ortho intramolecular Hbond substituents is 3. The van der Waals surface area contributed by atoms with E-state index < -0.39 is 17.9 Å². The van der Waals surface area contributed by atoms with Gasteiger partial charge in [-0.2, -0.15) is 13.2 Å². The van der Waals surface area contributed by atoms with Crippen LogP contribution in [0.15, 0.2) is 77.3 Å². The predicted octanol–water partition coefficient (Wildman–Crippen LogP) is 5.93. The van der Waals surface area contributed by atoms with Crippen molar-refractivity contribution in [3.05, 3.63) is 77.9 Å². The number of benzene rings is 3. The van der Waals surface area contributed by atoms with Crippen molar-refractivity contribution in [2.75, 3.05) is 13.7 Å². The lowest BCUT2D eigenvalue weighted by molar-refractivity contribution is -0.0583. The van der Waals surface area contributed by atoms with Crippen LogP contribution in [0.1, 0.15) is 18.0 Å². The van der Waals surface area contributed by atoms with Gasteiger partial charge < -0.3 is 24.8 Å². The summed E-state index contributed by atoms with van der Waals surface area (Å²) in [6.45, 7) is -0.136. The Hall–Kier alpha value is -4.14. The lowest BCUT2D eigenvalue weighted by Crippen LogP contribution is -2.26. The van der Waals surface area contributed by atoms with Crippen LogP contribution in [0.25, 0.3) is 11.1 Å². The lowest BCUT2D eigenvalue weighted by atomic mass is 9.94. The van der Waals surface area contributed by atoms with Crippen molar-refractivity contribution in [1.29, 1.82) is 0 Å². The molecular weight excluding hydrogens is 463 g/mol. The summed E-state index contributed by atoms with van der Waals surface area (Å²) in [7, 11) is 1.46. The Bertz CT molecular complexity index is 1260. The Morgan fingerprint density at radius 1 is 0.914 bits per heavy atom. The van der Waals surface area contributed by atoms with Crippen LogP contribution >= 0.6 is 0 Å². The van der Waals surface area contributed by atoms with Gasteiger partial charge in [0.05, 0.1) is 18.7 Å². The Morgan fingerprint density at radius 2 is 1.57 bits per heavy atom. The van der Waals surface area contributed by atoms with Crippen molar-refractivity contribution in [3.63, 3.8) is 0 Å². The van der Waals surface area contributed by atoms with Gasteiger partial charge >= 0.3 is 6.18 Å². The van der Waals surface area contributed by atoms with Gasteiger partial charge in [0.15, 0.2) is 11.5 Å². The van der Waals surface area contributed by atoms with Gasteiger partial charge in [-0.3, -0.25) is 4.99 Å². The normalized spacial score (nSPS) is 15.8. The summed E-state index contributed by atoms with van der Waals surface area (Å²) in [6, 6.07) is 14.7. The molecule has 0 aliphatic carbocycles. The highest BCUT2D eigenvalue weighted by atomic mass is 19.4. The molecule has 0 saturated heterocycles. The third-order valence-electron chi connectivity index (χ3n) is 5.57. The fraction of sp³-hybridized carbons (Fsp3) is 0.192. The Kier molecular flexibility index (Phi) is 6.59. The first-order valence-corrected chi connectivity index (χ1v) is 10.6. The Balaban J connectivity index is 1.51. The predicted molar refractivity (Wildman–Crippen MR) is 124 cm³/mol. The van der Waals surface area contributed by atoms with Crippen molar-refractivity contribution in [1.82, 2.24) is 0 Å². The Morgan fingerprint density at radius 3 is 2.17 bits per heavy atom. The van der Waals surface area contributed by atoms with Crippen LogP contribution in [-0.2, 0) is 0 Å². The fourth-order valence-electron chi connectivity index (χ4n) is 3.85. The first kappa shape index (κ1) is 24.0. The van der Waals surface area contributed by atoms with Crippen LogP contribution in [0.5, 0.6) is 28.7 Å². The van der Waals surface area contributed by atoms with Crippen molar-refractivity contribution < 1.29 is 38.0 Å². The van der Waals surface area contributed by atoms with Gasteiger partial charge in [-0.05, 0) is 65.6 Å². The van der Waals surface area contributed by atoms with Gasteiger partial charge in [0.1, 0.15) is 29.6 Å². The van der Waals surface area contributed by atoms with Gasteiger partial charge in [0.2, 0.25) is 0 Å². The number of allylic oxidation sites excluding steroid dienone is 1. The minimum Gasteiger partial charge on any atom is -0.507 e. The highest BCUT2D eigenvalue weighted by Crippen LogP contribution is 2.41. The van der Waals surface area contributed by atoms with Crippen LogP contribution in [0.4, 0.5) is 13.2 Å². The molecule has 9 heteroatoms. The number of alkyl halides is 3. The van der Waals surface area contributed by atoms with E-state index in [4.69, 9.17) is 9.47 Å². The molecule has 1 atom stereocenters. The molecule has 182 valence electrons. The van der Waals surface area contributed by atoms with Crippen LogP contribution in [0.3, 0.4) is 0 Å². The molecule has 0 fully saturated rings. The van der Waals surface area contributed by atoms with E-state index in [0.717, 1.165) is 17.2 Å². The zero-order valence-electron chi connectivity index (χ0n) is 18.6. The molecule has 1 aliphatic heterocycles. The number of aliphatic imine (C=N–C) groups is 1. The largest absolute Gasteiger partial charge is 0.507 e. The number of hydrogen-bond donors (Lipinski definition) is 3. The van der Waals surface area contributed by atoms with Crippen molar-refractivity contribution in [2.24, 2.45) is 4.99 Å². The molecule has 0 saturated carbocycles. The summed E-state index contributed by atoms with van der Waals surface area (Å²) in [5.41, 5.74) is 0.690. The third kappa shape index (κ3) is 5.34. The molecule has 0 bridgehead atoms. The van der Waals surface area contributed by atoms with Crippen LogP contribution < -0.4 is 9.47 Å². The van der Waals surface area contributed by atoms with E-state index in [1.807, 2.05) is 0 Å². The molecule has 0 aromatic heterocycles. The second kappa shape index (κ2) is 9.61. The molecule has 1 aliphatic rings. The van der Waals surface area contributed by atoms with Gasteiger partial charge in [-0.25, -0.2) is 0 Å². The van der Waals surface area contributed by atoms with Gasteiger partial charge in [0, 0.05) is 0 Å². The number of hydrogen-bond acceptors (Lipinski definition) is 6. The monoisotopic (exact) mass is 485 g/mol. The molecule has 0 amide bonds. The first-order chi connectivity index (χ1) is 16.7. The van der Waals surface area contributed by atoms with E-state index in [1.54, 1.807) is 42.5 Å². The van der Waals surface area contributed by atoms with E-state index in [-0.39, 0.29) is 35.8 Å². The maximum atomic E-state index is 13.5. The van der Waals surface area contributed by atoms with E-state index in [1.165, 1.54) is 25.3 Å². The summed E-state index contributed by atoms with van der Waals surface area (Å²) in [5, 5.41) is 30.2. The van der Waals surface area contributed by atoms with Crippen molar-refractivity contribution in [3.8, 4) is 39.9 Å². The molecule has 3 aromatic carbocycles. The quantitative estimate of drug-likeness (QED) is 0.402. The molecule has 0 spiro atoms. The van der Waals surface area contributed by atoms with Crippen LogP contribution in [-0.4, -0.2) is 40.9 Å². The highest BCUT2D eigenvalue weighted by Gasteiger charge is 2.38. The lowest BCUT2D eigenvalue weighted by Gasteiger charge is -2.24.